The van der Waals surface area contributed by atoms with Crippen LogP contribution >= 0.6 is 11.8 Å². The fourth-order valence-corrected chi connectivity index (χ4v) is 4.16. The highest BCUT2D eigenvalue weighted by Gasteiger charge is 2.19. The second-order valence-corrected chi connectivity index (χ2v) is 8.08. The van der Waals surface area contributed by atoms with E-state index in [0.29, 0.717) is 22.9 Å². The van der Waals surface area contributed by atoms with Crippen molar-refractivity contribution in [3.05, 3.63) is 50.2 Å². The maximum Gasteiger partial charge on any atom is 0.332 e. The summed E-state index contributed by atoms with van der Waals surface area (Å²) < 4.78 is 4.24. The predicted octanol–water partition coefficient (Wildman–Crippen LogP) is 2.19. The summed E-state index contributed by atoms with van der Waals surface area (Å²) in [5.74, 6) is -0.00854. The average molecular weight is 416 g/mol. The first kappa shape index (κ1) is 20.9. The van der Waals surface area contributed by atoms with Crippen molar-refractivity contribution >= 4 is 34.5 Å². The Morgan fingerprint density at radius 2 is 1.76 bits per heavy atom. The molecule has 0 unspecified atom stereocenters. The molecule has 1 amide bonds. The Morgan fingerprint density at radius 3 is 2.38 bits per heavy atom. The summed E-state index contributed by atoms with van der Waals surface area (Å²) in [4.78, 5) is 41.8. The summed E-state index contributed by atoms with van der Waals surface area (Å²) in [6.45, 7) is 6.54. The van der Waals surface area contributed by atoms with Crippen molar-refractivity contribution in [2.24, 2.45) is 14.1 Å². The highest BCUT2D eigenvalue weighted by molar-refractivity contribution is 7.99. The number of fused-ring (bicyclic) bond motifs is 1. The largest absolute Gasteiger partial charge is 0.332 e. The molecule has 0 saturated heterocycles. The zero-order valence-corrected chi connectivity index (χ0v) is 18.1. The molecule has 9 heteroatoms. The minimum atomic E-state index is -0.423. The van der Waals surface area contributed by atoms with E-state index in [1.807, 2.05) is 39.0 Å². The number of aryl methyl sites for hydroxylation is 4. The first-order valence-electron chi connectivity index (χ1n) is 9.40. The van der Waals surface area contributed by atoms with E-state index in [4.69, 9.17) is 0 Å². The molecule has 29 heavy (non-hydrogen) atoms. The van der Waals surface area contributed by atoms with Gasteiger partial charge in [0.15, 0.2) is 16.3 Å². The van der Waals surface area contributed by atoms with E-state index in [1.165, 1.54) is 23.4 Å². The Labute approximate surface area is 172 Å². The maximum atomic E-state index is 12.7. The summed E-state index contributed by atoms with van der Waals surface area (Å²) in [5.41, 5.74) is 2.83. The molecular formula is C20H25N5O3S. The van der Waals surface area contributed by atoms with Crippen molar-refractivity contribution in [2.75, 3.05) is 11.1 Å². The van der Waals surface area contributed by atoms with E-state index < -0.39 is 5.69 Å². The SMILES string of the molecule is CCCn1c(SCC(=O)Nc2cc(C)cc(C)c2)nc2c1c(=O)n(C)c(=O)n2C. The van der Waals surface area contributed by atoms with Crippen LogP contribution in [0.1, 0.15) is 24.5 Å². The molecule has 0 atom stereocenters. The Bertz CT molecular complexity index is 1190. The number of rotatable bonds is 6. The number of carbonyl (C=O) groups is 1. The number of hydrogen-bond donors (Lipinski definition) is 1. The molecule has 0 spiro atoms. The van der Waals surface area contributed by atoms with Gasteiger partial charge in [0.2, 0.25) is 5.91 Å². The van der Waals surface area contributed by atoms with Crippen molar-refractivity contribution in [3.8, 4) is 0 Å². The fourth-order valence-electron chi connectivity index (χ4n) is 3.34. The monoisotopic (exact) mass is 415 g/mol. The van der Waals surface area contributed by atoms with Gasteiger partial charge in [-0.1, -0.05) is 24.8 Å². The second kappa shape index (κ2) is 8.28. The molecule has 1 N–H and O–H groups in total. The number of nitrogens with zero attached hydrogens (tertiary/aromatic N) is 4. The van der Waals surface area contributed by atoms with Gasteiger partial charge in [0.25, 0.3) is 5.56 Å². The second-order valence-electron chi connectivity index (χ2n) is 7.14. The molecule has 0 fully saturated rings. The van der Waals surface area contributed by atoms with Crippen molar-refractivity contribution in [1.82, 2.24) is 18.7 Å². The summed E-state index contributed by atoms with van der Waals surface area (Å²) in [5, 5.41) is 3.45. The van der Waals surface area contributed by atoms with Crippen molar-refractivity contribution < 1.29 is 4.79 Å². The highest BCUT2D eigenvalue weighted by Crippen LogP contribution is 2.22. The standard InChI is InChI=1S/C20H25N5O3S/c1-6-7-25-16-17(23(4)20(28)24(5)18(16)27)22-19(25)29-11-15(26)21-14-9-12(2)8-13(3)10-14/h8-10H,6-7,11H2,1-5H3,(H,21,26). The van der Waals surface area contributed by atoms with E-state index >= 15 is 0 Å². The van der Waals surface area contributed by atoms with Crippen LogP contribution in [0.4, 0.5) is 5.69 Å². The van der Waals surface area contributed by atoms with Gasteiger partial charge in [0.05, 0.1) is 5.75 Å². The molecule has 0 aliphatic carbocycles. The summed E-state index contributed by atoms with van der Waals surface area (Å²) in [6.07, 6.45) is 0.791. The van der Waals surface area contributed by atoms with E-state index in [-0.39, 0.29) is 17.2 Å². The van der Waals surface area contributed by atoms with Gasteiger partial charge in [-0.3, -0.25) is 18.7 Å². The lowest BCUT2D eigenvalue weighted by atomic mass is 10.1. The van der Waals surface area contributed by atoms with Gasteiger partial charge >= 0.3 is 5.69 Å². The van der Waals surface area contributed by atoms with Crippen LogP contribution in [0.3, 0.4) is 0 Å². The Hall–Kier alpha value is -2.81. The van der Waals surface area contributed by atoms with Gasteiger partial charge < -0.3 is 9.88 Å². The van der Waals surface area contributed by atoms with Crippen LogP contribution in [0.15, 0.2) is 32.9 Å². The van der Waals surface area contributed by atoms with Gasteiger partial charge in [-0.15, -0.1) is 0 Å². The van der Waals surface area contributed by atoms with E-state index in [9.17, 15) is 14.4 Å². The van der Waals surface area contributed by atoms with Crippen molar-refractivity contribution in [2.45, 2.75) is 38.9 Å². The molecule has 0 saturated carbocycles. The molecule has 3 aromatic rings. The molecule has 2 heterocycles. The zero-order valence-electron chi connectivity index (χ0n) is 17.3. The minimum absolute atomic E-state index is 0.147. The van der Waals surface area contributed by atoms with Crippen molar-refractivity contribution in [3.63, 3.8) is 0 Å². The number of benzene rings is 1. The normalized spacial score (nSPS) is 11.2. The van der Waals surface area contributed by atoms with Crippen LogP contribution in [0.2, 0.25) is 0 Å². The van der Waals surface area contributed by atoms with Crippen LogP contribution in [0.5, 0.6) is 0 Å². The zero-order chi connectivity index (χ0) is 21.3. The Morgan fingerprint density at radius 1 is 1.10 bits per heavy atom. The minimum Gasteiger partial charge on any atom is -0.325 e. The molecule has 1 aromatic carbocycles. The lowest BCUT2D eigenvalue weighted by Crippen LogP contribution is -2.37. The van der Waals surface area contributed by atoms with Crippen LogP contribution in [-0.4, -0.2) is 30.3 Å². The number of nitrogens with one attached hydrogen (secondary N) is 1. The van der Waals surface area contributed by atoms with Gasteiger partial charge in [-0.05, 0) is 43.5 Å². The first-order valence-corrected chi connectivity index (χ1v) is 10.4. The van der Waals surface area contributed by atoms with Crippen LogP contribution in [0.25, 0.3) is 11.2 Å². The third-order valence-corrected chi connectivity index (χ3v) is 5.57. The number of hydrogen-bond acceptors (Lipinski definition) is 5. The van der Waals surface area contributed by atoms with Crippen molar-refractivity contribution in [1.29, 1.82) is 0 Å². The van der Waals surface area contributed by atoms with Crippen LogP contribution in [0, 0.1) is 13.8 Å². The number of aromatic nitrogens is 4. The average Bonchev–Trinajstić information content (AvgIpc) is 3.01. The van der Waals surface area contributed by atoms with Crippen LogP contribution < -0.4 is 16.6 Å². The summed E-state index contributed by atoms with van der Waals surface area (Å²) in [6, 6.07) is 5.88. The van der Waals surface area contributed by atoms with E-state index in [1.54, 1.807) is 11.6 Å². The number of carbonyl (C=O) groups excluding carboxylic acids is 1. The lowest BCUT2D eigenvalue weighted by Gasteiger charge is -2.09. The Balaban J connectivity index is 1.89. The Kier molecular flexibility index (Phi) is 5.97. The number of imidazole rings is 1. The summed E-state index contributed by atoms with van der Waals surface area (Å²) in [7, 11) is 3.05. The third-order valence-electron chi connectivity index (χ3n) is 4.60. The maximum absolute atomic E-state index is 12.7. The molecule has 8 nitrogen and oxygen atoms in total. The molecule has 2 aromatic heterocycles. The van der Waals surface area contributed by atoms with Gasteiger partial charge in [-0.2, -0.15) is 0 Å². The molecular weight excluding hydrogens is 390 g/mol. The molecule has 3 rings (SSSR count). The molecule has 0 radical (unpaired) electrons. The van der Waals surface area contributed by atoms with Crippen LogP contribution in [-0.2, 0) is 25.4 Å². The molecule has 0 bridgehead atoms. The number of thioether (sulfide) groups is 1. The van der Waals surface area contributed by atoms with E-state index in [0.717, 1.165) is 27.8 Å². The van der Waals surface area contributed by atoms with E-state index in [2.05, 4.69) is 10.3 Å². The van der Waals surface area contributed by atoms with Gasteiger partial charge in [-0.25, -0.2) is 9.78 Å². The predicted molar refractivity (Wildman–Crippen MR) is 116 cm³/mol. The third kappa shape index (κ3) is 4.14. The van der Waals surface area contributed by atoms with Gasteiger partial charge in [0.1, 0.15) is 0 Å². The quantitative estimate of drug-likeness (QED) is 0.623. The number of anilines is 1. The van der Waals surface area contributed by atoms with Gasteiger partial charge in [0, 0.05) is 26.3 Å². The smallest absolute Gasteiger partial charge is 0.325 e. The topological polar surface area (TPSA) is 90.9 Å². The summed E-state index contributed by atoms with van der Waals surface area (Å²) >= 11 is 1.25. The lowest BCUT2D eigenvalue weighted by molar-refractivity contribution is -0.113. The molecule has 0 aliphatic heterocycles. The number of amides is 1. The highest BCUT2D eigenvalue weighted by atomic mass is 32.2. The fraction of sp³-hybridized carbons (Fsp3) is 0.400. The first-order chi connectivity index (χ1) is 13.7. The molecule has 154 valence electrons. The molecule has 0 aliphatic rings.